The highest BCUT2D eigenvalue weighted by molar-refractivity contribution is 5.97. The van der Waals surface area contributed by atoms with E-state index in [-0.39, 0.29) is 23.9 Å². The monoisotopic (exact) mass is 286 g/mol. The molecule has 2 aliphatic rings. The molecule has 21 heavy (non-hydrogen) atoms. The minimum Gasteiger partial charge on any atom is -0.339 e. The van der Waals surface area contributed by atoms with Crippen LogP contribution < -0.4 is 5.32 Å². The van der Waals surface area contributed by atoms with Crippen molar-refractivity contribution in [1.29, 1.82) is 0 Å². The van der Waals surface area contributed by atoms with E-state index in [1.165, 1.54) is 0 Å². The zero-order valence-corrected chi connectivity index (χ0v) is 12.6. The highest BCUT2D eigenvalue weighted by atomic mass is 16.2. The van der Waals surface area contributed by atoms with Crippen LogP contribution in [0.1, 0.15) is 44.7 Å². The van der Waals surface area contributed by atoms with Gasteiger partial charge in [0.15, 0.2) is 0 Å². The van der Waals surface area contributed by atoms with Crippen molar-refractivity contribution in [2.24, 2.45) is 5.92 Å². The van der Waals surface area contributed by atoms with Crippen LogP contribution in [-0.4, -0.2) is 28.8 Å². The van der Waals surface area contributed by atoms with Crippen molar-refractivity contribution in [2.45, 2.75) is 51.2 Å². The number of nitrogens with zero attached hydrogens (tertiary/aromatic N) is 1. The number of amides is 2. The number of nitrogens with one attached hydrogen (secondary N) is 1. The first kappa shape index (κ1) is 14.1. The fraction of sp³-hybridized carbons (Fsp3) is 0.529. The van der Waals surface area contributed by atoms with Crippen LogP contribution in [0.4, 0.5) is 0 Å². The van der Waals surface area contributed by atoms with Gasteiger partial charge in [-0.3, -0.25) is 9.59 Å². The first-order chi connectivity index (χ1) is 10.1. The molecule has 0 radical (unpaired) electrons. The van der Waals surface area contributed by atoms with E-state index >= 15 is 0 Å². The van der Waals surface area contributed by atoms with Crippen LogP contribution in [0.25, 0.3) is 0 Å². The number of carbonyl (C=O) groups is 2. The first-order valence-corrected chi connectivity index (χ1v) is 7.81. The minimum atomic E-state index is -0.530. The van der Waals surface area contributed by atoms with Gasteiger partial charge in [-0.05, 0) is 31.2 Å². The van der Waals surface area contributed by atoms with E-state index in [2.05, 4.69) is 12.2 Å². The summed E-state index contributed by atoms with van der Waals surface area (Å²) in [5.74, 6) is 0.561. The Morgan fingerprint density at radius 3 is 2.62 bits per heavy atom. The van der Waals surface area contributed by atoms with Crippen molar-refractivity contribution in [2.75, 3.05) is 0 Å². The fourth-order valence-electron chi connectivity index (χ4n) is 3.37. The van der Waals surface area contributed by atoms with Gasteiger partial charge >= 0.3 is 0 Å². The van der Waals surface area contributed by atoms with E-state index in [0.29, 0.717) is 5.92 Å². The number of hydrogen-bond donors (Lipinski definition) is 1. The van der Waals surface area contributed by atoms with Crippen LogP contribution in [0.2, 0.25) is 0 Å². The third kappa shape index (κ3) is 2.55. The number of benzene rings is 1. The number of piperazine rings is 1. The smallest absolute Gasteiger partial charge is 0.250 e. The zero-order chi connectivity index (χ0) is 15.0. The molecule has 4 unspecified atom stereocenters. The molecule has 0 spiro atoms. The largest absolute Gasteiger partial charge is 0.339 e. The lowest BCUT2D eigenvalue weighted by atomic mass is 10.0. The summed E-state index contributed by atoms with van der Waals surface area (Å²) in [7, 11) is 0. The second-order valence-corrected chi connectivity index (χ2v) is 6.13. The molecule has 1 aliphatic heterocycles. The normalized spacial score (nSPS) is 32.0. The Labute approximate surface area is 125 Å². The van der Waals surface area contributed by atoms with Crippen LogP contribution in [0.3, 0.4) is 0 Å². The van der Waals surface area contributed by atoms with Gasteiger partial charge in [0.05, 0.1) is 0 Å². The maximum Gasteiger partial charge on any atom is 0.250 e. The SMILES string of the molecule is CCCC1CC1N1C(=O)C(c2ccccc2)NC(=O)C1C. The summed E-state index contributed by atoms with van der Waals surface area (Å²) in [6.07, 6.45) is 3.31. The molecule has 4 nitrogen and oxygen atoms in total. The quantitative estimate of drug-likeness (QED) is 0.923. The molecule has 1 N–H and O–H groups in total. The molecule has 0 bridgehead atoms. The maximum absolute atomic E-state index is 12.8. The molecule has 4 heteroatoms. The van der Waals surface area contributed by atoms with Gasteiger partial charge in [-0.2, -0.15) is 0 Å². The predicted molar refractivity (Wildman–Crippen MR) is 80.4 cm³/mol. The van der Waals surface area contributed by atoms with Gasteiger partial charge in [-0.25, -0.2) is 0 Å². The molecular formula is C17H22N2O2. The van der Waals surface area contributed by atoms with E-state index in [0.717, 1.165) is 24.8 Å². The third-order valence-corrected chi connectivity index (χ3v) is 4.62. The lowest BCUT2D eigenvalue weighted by molar-refractivity contribution is -0.149. The lowest BCUT2D eigenvalue weighted by Gasteiger charge is -2.38. The summed E-state index contributed by atoms with van der Waals surface area (Å²) in [6.45, 7) is 3.99. The molecule has 112 valence electrons. The molecule has 2 amide bonds. The van der Waals surface area contributed by atoms with Gasteiger partial charge in [0, 0.05) is 6.04 Å². The van der Waals surface area contributed by atoms with E-state index in [9.17, 15) is 9.59 Å². The van der Waals surface area contributed by atoms with E-state index in [1.54, 1.807) is 0 Å². The second-order valence-electron chi connectivity index (χ2n) is 6.13. The standard InChI is InChI=1S/C17H22N2O2/c1-3-7-13-10-14(13)19-11(2)16(20)18-15(17(19)21)12-8-5-4-6-9-12/h4-6,8-9,11,13-15H,3,7,10H2,1-2H3,(H,18,20). The summed E-state index contributed by atoms with van der Waals surface area (Å²) in [5, 5.41) is 2.86. The molecule has 1 aromatic carbocycles. The average Bonchev–Trinajstić information content (AvgIpc) is 3.23. The summed E-state index contributed by atoms with van der Waals surface area (Å²) < 4.78 is 0. The zero-order valence-electron chi connectivity index (χ0n) is 12.6. The molecule has 1 aromatic rings. The summed E-state index contributed by atoms with van der Waals surface area (Å²) >= 11 is 0. The lowest BCUT2D eigenvalue weighted by Crippen LogP contribution is -2.59. The van der Waals surface area contributed by atoms with Gasteiger partial charge in [-0.15, -0.1) is 0 Å². The van der Waals surface area contributed by atoms with E-state index in [4.69, 9.17) is 0 Å². The topological polar surface area (TPSA) is 49.4 Å². The molecule has 1 aliphatic carbocycles. The molecule has 1 saturated heterocycles. The van der Waals surface area contributed by atoms with Crippen molar-refractivity contribution in [3.8, 4) is 0 Å². The molecule has 0 aromatic heterocycles. The first-order valence-electron chi connectivity index (χ1n) is 7.81. The van der Waals surface area contributed by atoms with Gasteiger partial charge in [-0.1, -0.05) is 43.7 Å². The highest BCUT2D eigenvalue weighted by Gasteiger charge is 2.50. The Hall–Kier alpha value is -1.84. The summed E-state index contributed by atoms with van der Waals surface area (Å²) in [5.41, 5.74) is 0.862. The average molecular weight is 286 g/mol. The number of rotatable bonds is 4. The molecule has 2 fully saturated rings. The van der Waals surface area contributed by atoms with Gasteiger partial charge < -0.3 is 10.2 Å². The van der Waals surface area contributed by atoms with Gasteiger partial charge in [0.1, 0.15) is 12.1 Å². The number of hydrogen-bond acceptors (Lipinski definition) is 2. The Morgan fingerprint density at radius 1 is 1.24 bits per heavy atom. The summed E-state index contributed by atoms with van der Waals surface area (Å²) in [4.78, 5) is 26.9. The minimum absolute atomic E-state index is 0.0388. The van der Waals surface area contributed by atoms with Crippen LogP contribution >= 0.6 is 0 Å². The maximum atomic E-state index is 12.8. The van der Waals surface area contributed by atoms with Crippen molar-refractivity contribution in [3.05, 3.63) is 35.9 Å². The Bertz CT molecular complexity index is 543. The van der Waals surface area contributed by atoms with Crippen molar-refractivity contribution >= 4 is 11.8 Å². The van der Waals surface area contributed by atoms with Gasteiger partial charge in [0.25, 0.3) is 5.91 Å². The summed E-state index contributed by atoms with van der Waals surface area (Å²) in [6, 6.07) is 8.87. The van der Waals surface area contributed by atoms with E-state index in [1.807, 2.05) is 42.2 Å². The fourth-order valence-corrected chi connectivity index (χ4v) is 3.37. The van der Waals surface area contributed by atoms with Crippen LogP contribution in [-0.2, 0) is 9.59 Å². The highest BCUT2D eigenvalue weighted by Crippen LogP contribution is 2.42. The van der Waals surface area contributed by atoms with E-state index < -0.39 is 6.04 Å². The third-order valence-electron chi connectivity index (χ3n) is 4.62. The Kier molecular flexibility index (Phi) is 3.70. The van der Waals surface area contributed by atoms with Crippen LogP contribution in [0.15, 0.2) is 30.3 Å². The van der Waals surface area contributed by atoms with Crippen LogP contribution in [0, 0.1) is 5.92 Å². The number of carbonyl (C=O) groups excluding carboxylic acids is 2. The van der Waals surface area contributed by atoms with Crippen molar-refractivity contribution in [1.82, 2.24) is 10.2 Å². The van der Waals surface area contributed by atoms with Crippen molar-refractivity contribution < 1.29 is 9.59 Å². The molecule has 3 rings (SSSR count). The Balaban J connectivity index is 1.83. The predicted octanol–water partition coefficient (Wildman–Crippen LogP) is 2.26. The van der Waals surface area contributed by atoms with Crippen LogP contribution in [0.5, 0.6) is 0 Å². The van der Waals surface area contributed by atoms with Crippen molar-refractivity contribution in [3.63, 3.8) is 0 Å². The molecule has 4 atom stereocenters. The molecular weight excluding hydrogens is 264 g/mol. The molecule has 1 heterocycles. The molecule has 1 saturated carbocycles. The Morgan fingerprint density at radius 2 is 1.95 bits per heavy atom. The van der Waals surface area contributed by atoms with Gasteiger partial charge in [0.2, 0.25) is 5.91 Å². The second kappa shape index (κ2) is 5.51.